The van der Waals surface area contributed by atoms with Crippen LogP contribution in [0.1, 0.15) is 18.3 Å². The number of anilines is 1. The zero-order chi connectivity index (χ0) is 23.7. The molecule has 0 spiro atoms. The number of hydrogen-bond donors (Lipinski definition) is 3. The van der Waals surface area contributed by atoms with Crippen LogP contribution in [0.2, 0.25) is 0 Å². The first-order chi connectivity index (χ1) is 16.6. The van der Waals surface area contributed by atoms with Crippen LogP contribution in [0.3, 0.4) is 0 Å². The number of fused-ring (bicyclic) bond motifs is 3. The van der Waals surface area contributed by atoms with Gasteiger partial charge in [0.05, 0.1) is 20.8 Å². The molecule has 10 nitrogen and oxygen atoms in total. The first-order valence-corrected chi connectivity index (χ1v) is 11.3. The van der Waals surface area contributed by atoms with Crippen LogP contribution in [-0.2, 0) is 13.1 Å². The summed E-state index contributed by atoms with van der Waals surface area (Å²) in [5.41, 5.74) is 2.10. The maximum Gasteiger partial charge on any atom is 0.226 e. The molecule has 0 bridgehead atoms. The quantitative estimate of drug-likeness (QED) is 0.381. The molecule has 0 aliphatic carbocycles. The standard InChI is InChI=1S/C24H29N7O3/c1-15-12-25-7-8-30(15)14-21-27-23-19-5-4-6-20(32)22(19)28-24(31(23)29-21)26-13-16-9-17(33-2)11-18(10-16)34-3/h4-6,9-11,15,25,32H,7-8,12-14H2,1-3H3,(H,26,28). The summed E-state index contributed by atoms with van der Waals surface area (Å²) in [6.45, 7) is 6.15. The molecule has 1 aliphatic rings. The summed E-state index contributed by atoms with van der Waals surface area (Å²) in [5.74, 6) is 2.74. The molecular weight excluding hydrogens is 434 g/mol. The third kappa shape index (κ3) is 4.29. The van der Waals surface area contributed by atoms with Crippen molar-refractivity contribution in [1.82, 2.24) is 29.8 Å². The number of rotatable bonds is 7. The van der Waals surface area contributed by atoms with E-state index in [1.165, 1.54) is 0 Å². The second-order valence-electron chi connectivity index (χ2n) is 8.47. The number of nitrogens with one attached hydrogen (secondary N) is 2. The highest BCUT2D eigenvalue weighted by Gasteiger charge is 2.21. The second kappa shape index (κ2) is 9.32. The van der Waals surface area contributed by atoms with Crippen molar-refractivity contribution in [2.45, 2.75) is 26.1 Å². The number of aromatic nitrogens is 4. The minimum Gasteiger partial charge on any atom is -0.506 e. The van der Waals surface area contributed by atoms with Gasteiger partial charge < -0.3 is 25.2 Å². The Morgan fingerprint density at radius 2 is 1.94 bits per heavy atom. The van der Waals surface area contributed by atoms with Gasteiger partial charge in [-0.1, -0.05) is 6.07 Å². The number of methoxy groups -OCH3 is 2. The molecule has 5 rings (SSSR count). The maximum atomic E-state index is 10.5. The number of benzene rings is 2. The third-order valence-electron chi connectivity index (χ3n) is 6.17. The van der Waals surface area contributed by atoms with E-state index < -0.39 is 0 Å². The van der Waals surface area contributed by atoms with Gasteiger partial charge in [-0.05, 0) is 36.8 Å². The van der Waals surface area contributed by atoms with Crippen molar-refractivity contribution >= 4 is 22.5 Å². The van der Waals surface area contributed by atoms with Crippen LogP contribution in [0.25, 0.3) is 16.6 Å². The molecule has 34 heavy (non-hydrogen) atoms. The van der Waals surface area contributed by atoms with E-state index in [-0.39, 0.29) is 5.75 Å². The number of aromatic hydroxyl groups is 1. The Morgan fingerprint density at radius 3 is 2.68 bits per heavy atom. The van der Waals surface area contributed by atoms with Gasteiger partial charge >= 0.3 is 0 Å². The van der Waals surface area contributed by atoms with E-state index in [9.17, 15) is 5.11 Å². The Bertz CT molecular complexity index is 1300. The van der Waals surface area contributed by atoms with E-state index in [4.69, 9.17) is 24.5 Å². The van der Waals surface area contributed by atoms with Crippen molar-refractivity contribution in [3.8, 4) is 17.2 Å². The van der Waals surface area contributed by atoms with Gasteiger partial charge in [0.25, 0.3) is 0 Å². The number of piperazine rings is 1. The predicted octanol–water partition coefficient (Wildman–Crippen LogP) is 2.41. The highest BCUT2D eigenvalue weighted by Crippen LogP contribution is 2.28. The highest BCUT2D eigenvalue weighted by atomic mass is 16.5. The minimum absolute atomic E-state index is 0.103. The average molecular weight is 464 g/mol. The fourth-order valence-electron chi connectivity index (χ4n) is 4.29. The molecule has 3 N–H and O–H groups in total. The van der Waals surface area contributed by atoms with Gasteiger partial charge in [-0.2, -0.15) is 4.52 Å². The molecule has 2 aromatic carbocycles. The summed E-state index contributed by atoms with van der Waals surface area (Å²) in [6.07, 6.45) is 0. The van der Waals surface area contributed by atoms with Gasteiger partial charge in [-0.15, -0.1) is 5.10 Å². The van der Waals surface area contributed by atoms with Crippen LogP contribution in [0.5, 0.6) is 17.2 Å². The third-order valence-corrected chi connectivity index (χ3v) is 6.17. The molecule has 4 aromatic rings. The molecule has 1 fully saturated rings. The van der Waals surface area contributed by atoms with E-state index in [2.05, 4.69) is 22.5 Å². The van der Waals surface area contributed by atoms with E-state index in [0.29, 0.717) is 47.7 Å². The summed E-state index contributed by atoms with van der Waals surface area (Å²) in [5, 5.41) is 22.8. The Kier molecular flexibility index (Phi) is 6.08. The number of hydrogen-bond acceptors (Lipinski definition) is 9. The molecule has 10 heteroatoms. The van der Waals surface area contributed by atoms with Crippen molar-refractivity contribution < 1.29 is 14.6 Å². The van der Waals surface area contributed by atoms with Crippen LogP contribution in [0.4, 0.5) is 5.95 Å². The van der Waals surface area contributed by atoms with E-state index in [1.807, 2.05) is 24.3 Å². The van der Waals surface area contributed by atoms with Crippen LogP contribution < -0.4 is 20.1 Å². The predicted molar refractivity (Wildman–Crippen MR) is 130 cm³/mol. The van der Waals surface area contributed by atoms with Crippen LogP contribution in [0.15, 0.2) is 36.4 Å². The van der Waals surface area contributed by atoms with Crippen molar-refractivity contribution in [2.75, 3.05) is 39.2 Å². The fourth-order valence-corrected chi connectivity index (χ4v) is 4.29. The van der Waals surface area contributed by atoms with Gasteiger partial charge in [-0.25, -0.2) is 9.97 Å². The zero-order valence-electron chi connectivity index (χ0n) is 19.6. The lowest BCUT2D eigenvalue weighted by molar-refractivity contribution is 0.162. The Balaban J connectivity index is 1.52. The Labute approximate surface area is 197 Å². The Hall–Kier alpha value is -3.63. The number of para-hydroxylation sites is 1. The largest absolute Gasteiger partial charge is 0.506 e. The summed E-state index contributed by atoms with van der Waals surface area (Å²) in [7, 11) is 3.25. The van der Waals surface area contributed by atoms with Crippen LogP contribution in [0, 0.1) is 0 Å². The zero-order valence-corrected chi connectivity index (χ0v) is 19.6. The summed E-state index contributed by atoms with van der Waals surface area (Å²) >= 11 is 0. The molecule has 0 saturated carbocycles. The molecule has 1 aliphatic heterocycles. The van der Waals surface area contributed by atoms with Crippen molar-refractivity contribution in [3.63, 3.8) is 0 Å². The lowest BCUT2D eigenvalue weighted by Crippen LogP contribution is -2.49. The lowest BCUT2D eigenvalue weighted by Gasteiger charge is -2.32. The maximum absolute atomic E-state index is 10.5. The van der Waals surface area contributed by atoms with Crippen LogP contribution >= 0.6 is 0 Å². The molecule has 178 valence electrons. The molecule has 2 aromatic heterocycles. The van der Waals surface area contributed by atoms with Gasteiger partial charge in [0.15, 0.2) is 11.5 Å². The molecule has 3 heterocycles. The smallest absolute Gasteiger partial charge is 0.226 e. The first kappa shape index (κ1) is 22.2. The topological polar surface area (TPSA) is 109 Å². The first-order valence-electron chi connectivity index (χ1n) is 11.3. The molecule has 1 saturated heterocycles. The average Bonchev–Trinajstić information content (AvgIpc) is 3.28. The summed E-state index contributed by atoms with van der Waals surface area (Å²) in [6, 6.07) is 11.4. The van der Waals surface area contributed by atoms with Gasteiger partial charge in [0.1, 0.15) is 22.8 Å². The van der Waals surface area contributed by atoms with Gasteiger partial charge in [-0.3, -0.25) is 4.90 Å². The molecule has 0 radical (unpaired) electrons. The number of nitrogens with zero attached hydrogens (tertiary/aromatic N) is 5. The molecule has 1 unspecified atom stereocenters. The normalized spacial score (nSPS) is 16.7. The monoisotopic (exact) mass is 463 g/mol. The van der Waals surface area contributed by atoms with Crippen molar-refractivity contribution in [3.05, 3.63) is 47.8 Å². The van der Waals surface area contributed by atoms with Crippen molar-refractivity contribution in [1.29, 1.82) is 0 Å². The molecule has 0 amide bonds. The summed E-state index contributed by atoms with van der Waals surface area (Å²) < 4.78 is 12.5. The molecule has 1 atom stereocenters. The van der Waals surface area contributed by atoms with Gasteiger partial charge in [0, 0.05) is 43.7 Å². The number of ether oxygens (including phenoxy) is 2. The summed E-state index contributed by atoms with van der Waals surface area (Å²) in [4.78, 5) is 11.9. The molecular formula is C24H29N7O3. The van der Waals surface area contributed by atoms with Gasteiger partial charge in [0.2, 0.25) is 5.95 Å². The number of phenols is 1. The number of phenolic OH excluding ortho intramolecular Hbond substituents is 1. The lowest BCUT2D eigenvalue weighted by atomic mass is 10.2. The van der Waals surface area contributed by atoms with E-state index >= 15 is 0 Å². The van der Waals surface area contributed by atoms with Crippen molar-refractivity contribution in [2.24, 2.45) is 0 Å². The SMILES string of the molecule is COc1cc(CNc2nc3c(O)cccc3c3nc(CN4CCNCC4C)nn23)cc(OC)c1. The highest BCUT2D eigenvalue weighted by molar-refractivity contribution is 5.95. The van der Waals surface area contributed by atoms with E-state index in [0.717, 1.165) is 36.4 Å². The Morgan fingerprint density at radius 1 is 1.15 bits per heavy atom. The second-order valence-corrected chi connectivity index (χ2v) is 8.47. The van der Waals surface area contributed by atoms with E-state index in [1.54, 1.807) is 30.9 Å². The minimum atomic E-state index is 0.103. The van der Waals surface area contributed by atoms with Crippen LogP contribution in [-0.4, -0.2) is 69.5 Å². The fraction of sp³-hybridized carbons (Fsp3) is 0.375.